The van der Waals surface area contributed by atoms with Gasteiger partial charge in [0.05, 0.1) is 18.8 Å². The van der Waals surface area contributed by atoms with Gasteiger partial charge >= 0.3 is 5.97 Å². The van der Waals surface area contributed by atoms with Crippen LogP contribution >= 0.6 is 0 Å². The highest BCUT2D eigenvalue weighted by Crippen LogP contribution is 2.11. The molecule has 0 saturated carbocycles. The van der Waals surface area contributed by atoms with Crippen molar-refractivity contribution in [2.45, 2.75) is 45.8 Å². The van der Waals surface area contributed by atoms with E-state index in [1.54, 1.807) is 13.8 Å². The van der Waals surface area contributed by atoms with Crippen molar-refractivity contribution in [1.82, 2.24) is 0 Å². The van der Waals surface area contributed by atoms with E-state index in [0.717, 1.165) is 0 Å². The Labute approximate surface area is 85.8 Å². The summed E-state index contributed by atoms with van der Waals surface area (Å²) >= 11 is 0. The van der Waals surface area contributed by atoms with E-state index < -0.39 is 11.5 Å². The van der Waals surface area contributed by atoms with E-state index in [1.165, 1.54) is 0 Å². The SMILES string of the molecule is CCOC(=O)C(C)(N)COC(C)(C)C. The van der Waals surface area contributed by atoms with E-state index >= 15 is 0 Å². The monoisotopic (exact) mass is 203 g/mol. The van der Waals surface area contributed by atoms with Crippen molar-refractivity contribution in [3.63, 3.8) is 0 Å². The average molecular weight is 203 g/mol. The van der Waals surface area contributed by atoms with Crippen LogP contribution < -0.4 is 5.73 Å². The summed E-state index contributed by atoms with van der Waals surface area (Å²) in [7, 11) is 0. The molecule has 1 unspecified atom stereocenters. The lowest BCUT2D eigenvalue weighted by atomic mass is 10.1. The van der Waals surface area contributed by atoms with Crippen molar-refractivity contribution in [1.29, 1.82) is 0 Å². The lowest BCUT2D eigenvalue weighted by molar-refractivity contribution is -0.153. The Kier molecular flexibility index (Phi) is 4.55. The van der Waals surface area contributed by atoms with Gasteiger partial charge in [-0.25, -0.2) is 4.79 Å². The van der Waals surface area contributed by atoms with E-state index in [-0.39, 0.29) is 12.2 Å². The van der Waals surface area contributed by atoms with Gasteiger partial charge in [0.2, 0.25) is 0 Å². The average Bonchev–Trinajstić information content (AvgIpc) is 2.00. The second-order valence-electron chi connectivity index (χ2n) is 4.54. The van der Waals surface area contributed by atoms with Crippen LogP contribution in [0, 0.1) is 0 Å². The normalized spacial score (nSPS) is 16.1. The topological polar surface area (TPSA) is 61.5 Å². The predicted molar refractivity (Wildman–Crippen MR) is 54.9 cm³/mol. The molecule has 0 aliphatic rings. The number of carbonyl (C=O) groups excluding carboxylic acids is 1. The lowest BCUT2D eigenvalue weighted by Crippen LogP contribution is -2.51. The summed E-state index contributed by atoms with van der Waals surface area (Å²) in [5.41, 5.74) is 4.39. The molecule has 0 radical (unpaired) electrons. The first kappa shape index (κ1) is 13.4. The molecule has 0 aromatic rings. The molecule has 0 fully saturated rings. The van der Waals surface area contributed by atoms with Crippen molar-refractivity contribution in [3.8, 4) is 0 Å². The van der Waals surface area contributed by atoms with Crippen LogP contribution in [-0.4, -0.2) is 30.3 Å². The zero-order valence-electron chi connectivity index (χ0n) is 9.72. The molecule has 84 valence electrons. The highest BCUT2D eigenvalue weighted by molar-refractivity contribution is 5.80. The van der Waals surface area contributed by atoms with Crippen LogP contribution in [0.5, 0.6) is 0 Å². The maximum Gasteiger partial charge on any atom is 0.328 e. The van der Waals surface area contributed by atoms with E-state index in [1.807, 2.05) is 20.8 Å². The van der Waals surface area contributed by atoms with Crippen LogP contribution in [0.1, 0.15) is 34.6 Å². The zero-order valence-corrected chi connectivity index (χ0v) is 9.72. The molecular weight excluding hydrogens is 182 g/mol. The molecule has 0 aromatic carbocycles. The summed E-state index contributed by atoms with van der Waals surface area (Å²) < 4.78 is 10.3. The Morgan fingerprint density at radius 2 is 1.79 bits per heavy atom. The van der Waals surface area contributed by atoms with Crippen molar-refractivity contribution in [3.05, 3.63) is 0 Å². The number of nitrogens with two attached hydrogens (primary N) is 1. The first-order valence-electron chi connectivity index (χ1n) is 4.79. The van der Waals surface area contributed by atoms with Crippen LogP contribution in [0.25, 0.3) is 0 Å². The van der Waals surface area contributed by atoms with Gasteiger partial charge < -0.3 is 15.2 Å². The van der Waals surface area contributed by atoms with E-state index in [4.69, 9.17) is 15.2 Å². The Bertz CT molecular complexity index is 194. The number of rotatable bonds is 4. The minimum atomic E-state index is -1.07. The molecule has 4 heteroatoms. The first-order valence-corrected chi connectivity index (χ1v) is 4.79. The molecule has 4 nitrogen and oxygen atoms in total. The molecule has 2 N–H and O–H groups in total. The Morgan fingerprint density at radius 3 is 2.14 bits per heavy atom. The Balaban J connectivity index is 4.13. The summed E-state index contributed by atoms with van der Waals surface area (Å²) in [5.74, 6) is -0.427. The minimum Gasteiger partial charge on any atom is -0.465 e. The fraction of sp³-hybridized carbons (Fsp3) is 0.900. The highest BCUT2D eigenvalue weighted by atomic mass is 16.5. The summed E-state index contributed by atoms with van der Waals surface area (Å²) in [6.07, 6.45) is 0. The van der Waals surface area contributed by atoms with Gasteiger partial charge in [0.25, 0.3) is 0 Å². The molecular formula is C10H21NO3. The van der Waals surface area contributed by atoms with Gasteiger partial charge in [-0.05, 0) is 34.6 Å². The molecule has 0 bridgehead atoms. The summed E-state index contributed by atoms with van der Waals surface area (Å²) in [6, 6.07) is 0. The third-order valence-electron chi connectivity index (χ3n) is 1.55. The quantitative estimate of drug-likeness (QED) is 0.694. The predicted octanol–water partition coefficient (Wildman–Crippen LogP) is 1.08. The molecule has 0 amide bonds. The largest absolute Gasteiger partial charge is 0.465 e. The third kappa shape index (κ3) is 5.19. The molecule has 0 spiro atoms. The van der Waals surface area contributed by atoms with Crippen molar-refractivity contribution in [2.24, 2.45) is 5.73 Å². The zero-order chi connectivity index (χ0) is 11.4. The maximum absolute atomic E-state index is 11.4. The third-order valence-corrected chi connectivity index (χ3v) is 1.55. The smallest absolute Gasteiger partial charge is 0.328 e. The molecule has 14 heavy (non-hydrogen) atoms. The molecule has 0 aliphatic heterocycles. The molecule has 0 rings (SSSR count). The van der Waals surface area contributed by atoms with Gasteiger partial charge in [-0.2, -0.15) is 0 Å². The van der Waals surface area contributed by atoms with Gasteiger partial charge in [0.15, 0.2) is 0 Å². The van der Waals surface area contributed by atoms with Crippen LogP contribution in [-0.2, 0) is 14.3 Å². The van der Waals surface area contributed by atoms with Gasteiger partial charge in [0, 0.05) is 0 Å². The van der Waals surface area contributed by atoms with Crippen LogP contribution in [0.15, 0.2) is 0 Å². The molecule has 1 atom stereocenters. The Hall–Kier alpha value is -0.610. The van der Waals surface area contributed by atoms with Gasteiger partial charge in [-0.3, -0.25) is 0 Å². The number of ether oxygens (including phenoxy) is 2. The number of esters is 1. The summed E-state index contributed by atoms with van der Waals surface area (Å²) in [6.45, 7) is 9.59. The number of carbonyl (C=O) groups is 1. The van der Waals surface area contributed by atoms with Crippen molar-refractivity contribution >= 4 is 5.97 Å². The van der Waals surface area contributed by atoms with Crippen LogP contribution in [0.2, 0.25) is 0 Å². The molecule has 0 aliphatic carbocycles. The lowest BCUT2D eigenvalue weighted by Gasteiger charge is -2.27. The second kappa shape index (κ2) is 4.75. The maximum atomic E-state index is 11.4. The minimum absolute atomic E-state index is 0.162. The standard InChI is InChI=1S/C10H21NO3/c1-6-13-8(12)10(5,11)7-14-9(2,3)4/h6-7,11H2,1-5H3. The number of hydrogen-bond acceptors (Lipinski definition) is 4. The highest BCUT2D eigenvalue weighted by Gasteiger charge is 2.31. The first-order chi connectivity index (χ1) is 6.19. The van der Waals surface area contributed by atoms with Gasteiger partial charge in [-0.15, -0.1) is 0 Å². The molecule has 0 heterocycles. The van der Waals surface area contributed by atoms with Crippen molar-refractivity contribution < 1.29 is 14.3 Å². The van der Waals surface area contributed by atoms with E-state index in [0.29, 0.717) is 6.61 Å². The van der Waals surface area contributed by atoms with Crippen molar-refractivity contribution in [2.75, 3.05) is 13.2 Å². The van der Waals surface area contributed by atoms with Crippen LogP contribution in [0.3, 0.4) is 0 Å². The van der Waals surface area contributed by atoms with Crippen LogP contribution in [0.4, 0.5) is 0 Å². The summed E-state index contributed by atoms with van der Waals surface area (Å²) in [4.78, 5) is 11.4. The fourth-order valence-electron chi connectivity index (χ4n) is 0.721. The Morgan fingerprint density at radius 1 is 1.29 bits per heavy atom. The van der Waals surface area contributed by atoms with E-state index in [9.17, 15) is 4.79 Å². The molecule has 0 aromatic heterocycles. The molecule has 0 saturated heterocycles. The van der Waals surface area contributed by atoms with Gasteiger partial charge in [-0.1, -0.05) is 0 Å². The summed E-state index contributed by atoms with van der Waals surface area (Å²) in [5, 5.41) is 0. The second-order valence-corrected chi connectivity index (χ2v) is 4.54. The van der Waals surface area contributed by atoms with Gasteiger partial charge in [0.1, 0.15) is 5.54 Å². The fourth-order valence-corrected chi connectivity index (χ4v) is 0.721. The van der Waals surface area contributed by atoms with E-state index in [2.05, 4.69) is 0 Å². The number of hydrogen-bond donors (Lipinski definition) is 1.